The van der Waals surface area contributed by atoms with Gasteiger partial charge in [0, 0.05) is 0 Å². The number of allylic oxidation sites excluding steroid dienone is 1. The van der Waals surface area contributed by atoms with Gasteiger partial charge in [-0.2, -0.15) is 8.78 Å². The first kappa shape index (κ1) is 17.5. The fraction of sp³-hybridized carbons (Fsp3) is 0.692. The largest absolute Gasteiger partial charge is 0.444 e. The molecule has 0 heterocycles. The lowest BCUT2D eigenvalue weighted by Gasteiger charge is -2.30. The first-order chi connectivity index (χ1) is 8.49. The zero-order valence-electron chi connectivity index (χ0n) is 11.9. The molecule has 1 atom stereocenters. The third-order valence-corrected chi connectivity index (χ3v) is 2.15. The Morgan fingerprint density at radius 2 is 1.79 bits per heavy atom. The molecule has 0 spiro atoms. The molecule has 4 nitrogen and oxygen atoms in total. The van der Waals surface area contributed by atoms with Crippen LogP contribution < -0.4 is 5.32 Å². The zero-order chi connectivity index (χ0) is 15.3. The van der Waals surface area contributed by atoms with Gasteiger partial charge in [0.1, 0.15) is 17.9 Å². The van der Waals surface area contributed by atoms with E-state index >= 15 is 0 Å². The second-order valence-corrected chi connectivity index (χ2v) is 5.54. The van der Waals surface area contributed by atoms with Gasteiger partial charge < -0.3 is 10.1 Å². The highest BCUT2D eigenvalue weighted by atomic mass is 19.3. The van der Waals surface area contributed by atoms with Crippen LogP contribution in [0.25, 0.3) is 0 Å². The summed E-state index contributed by atoms with van der Waals surface area (Å²) in [5.41, 5.74) is -0.764. The van der Waals surface area contributed by atoms with Crippen molar-refractivity contribution in [3.8, 4) is 0 Å². The number of ether oxygens (including phenoxy) is 1. The molecule has 1 amide bonds. The van der Waals surface area contributed by atoms with E-state index in [9.17, 15) is 18.4 Å². The van der Waals surface area contributed by atoms with Crippen molar-refractivity contribution in [3.63, 3.8) is 0 Å². The monoisotopic (exact) mass is 277 g/mol. The standard InChI is InChI=1S/C13H21F2NO3/c1-9(2)10(13(14,15)7-6-8-17)16-11(18)19-12(3,4)5/h6-10H,1-5H3,(H,16,18)/b7-6+/t10-/m1/s1. The van der Waals surface area contributed by atoms with Crippen LogP contribution in [0.1, 0.15) is 34.6 Å². The minimum absolute atomic E-state index is 0.263. The van der Waals surface area contributed by atoms with Gasteiger partial charge in [-0.1, -0.05) is 13.8 Å². The number of hydrogen-bond acceptors (Lipinski definition) is 3. The van der Waals surface area contributed by atoms with E-state index in [4.69, 9.17) is 4.74 Å². The number of amides is 1. The summed E-state index contributed by atoms with van der Waals surface area (Å²) in [5.74, 6) is -3.86. The average Bonchev–Trinajstić information content (AvgIpc) is 2.20. The molecule has 1 N–H and O–H groups in total. The molecule has 0 fully saturated rings. The summed E-state index contributed by atoms with van der Waals surface area (Å²) < 4.78 is 32.5. The Bertz CT molecular complexity index is 346. The number of halogens is 2. The van der Waals surface area contributed by atoms with E-state index in [0.29, 0.717) is 12.2 Å². The van der Waals surface area contributed by atoms with E-state index in [1.54, 1.807) is 34.6 Å². The molecule has 110 valence electrons. The predicted octanol–water partition coefficient (Wildman–Crippen LogP) is 2.93. The van der Waals surface area contributed by atoms with Gasteiger partial charge in [-0.25, -0.2) is 4.79 Å². The Kier molecular flexibility index (Phi) is 6.12. The topological polar surface area (TPSA) is 55.4 Å². The van der Waals surface area contributed by atoms with Crippen molar-refractivity contribution < 1.29 is 23.1 Å². The number of nitrogens with one attached hydrogen (secondary N) is 1. The second kappa shape index (κ2) is 6.63. The smallest absolute Gasteiger partial charge is 0.408 e. The van der Waals surface area contributed by atoms with Crippen LogP contribution in [0.4, 0.5) is 13.6 Å². The highest BCUT2D eigenvalue weighted by Gasteiger charge is 2.40. The Morgan fingerprint density at radius 1 is 1.26 bits per heavy atom. The minimum Gasteiger partial charge on any atom is -0.444 e. The lowest BCUT2D eigenvalue weighted by atomic mass is 9.97. The van der Waals surface area contributed by atoms with Gasteiger partial charge in [0.2, 0.25) is 0 Å². The van der Waals surface area contributed by atoms with Crippen molar-refractivity contribution in [3.05, 3.63) is 12.2 Å². The van der Waals surface area contributed by atoms with Crippen LogP contribution in [0.15, 0.2) is 12.2 Å². The first-order valence-corrected chi connectivity index (χ1v) is 6.00. The van der Waals surface area contributed by atoms with Gasteiger partial charge in [0.25, 0.3) is 5.92 Å². The van der Waals surface area contributed by atoms with Gasteiger partial charge in [0.05, 0.1) is 0 Å². The summed E-state index contributed by atoms with van der Waals surface area (Å²) in [6.07, 6.45) is 0.540. The molecule has 0 aliphatic carbocycles. The lowest BCUT2D eigenvalue weighted by molar-refractivity contribution is -0.104. The fourth-order valence-corrected chi connectivity index (χ4v) is 1.41. The van der Waals surface area contributed by atoms with Crippen LogP contribution in [0.5, 0.6) is 0 Å². The normalized spacial score (nSPS) is 14.5. The summed E-state index contributed by atoms with van der Waals surface area (Å²) >= 11 is 0. The maximum absolute atomic E-state index is 13.8. The summed E-state index contributed by atoms with van der Waals surface area (Å²) in [6.45, 7) is 8.01. The highest BCUT2D eigenvalue weighted by molar-refractivity contribution is 5.68. The van der Waals surface area contributed by atoms with Crippen molar-refractivity contribution in [1.29, 1.82) is 0 Å². The Balaban J connectivity index is 4.89. The van der Waals surface area contributed by atoms with Crippen molar-refractivity contribution in [2.45, 2.75) is 52.2 Å². The summed E-state index contributed by atoms with van der Waals surface area (Å²) in [7, 11) is 0. The minimum atomic E-state index is -3.33. The Hall–Kier alpha value is -1.46. The van der Waals surface area contributed by atoms with Gasteiger partial charge in [-0.15, -0.1) is 0 Å². The molecular formula is C13H21F2NO3. The van der Waals surface area contributed by atoms with Gasteiger partial charge in [-0.05, 0) is 38.8 Å². The van der Waals surface area contributed by atoms with E-state index in [1.807, 2.05) is 0 Å². The molecule has 19 heavy (non-hydrogen) atoms. The van der Waals surface area contributed by atoms with E-state index in [1.165, 1.54) is 0 Å². The van der Waals surface area contributed by atoms with Gasteiger partial charge in [0.15, 0.2) is 0 Å². The quantitative estimate of drug-likeness (QED) is 0.621. The van der Waals surface area contributed by atoms with Gasteiger partial charge >= 0.3 is 6.09 Å². The SMILES string of the molecule is CC(C)[C@@H](NC(=O)OC(C)(C)C)C(F)(F)/C=C/C=O. The lowest BCUT2D eigenvalue weighted by Crippen LogP contribution is -2.51. The first-order valence-electron chi connectivity index (χ1n) is 6.00. The van der Waals surface area contributed by atoms with E-state index in [-0.39, 0.29) is 6.29 Å². The molecule has 0 rings (SSSR count). The molecule has 0 radical (unpaired) electrons. The molecule has 6 heteroatoms. The molecule has 0 saturated carbocycles. The summed E-state index contributed by atoms with van der Waals surface area (Å²) in [6, 6.07) is -1.45. The number of alkyl halides is 2. The molecule has 0 aromatic heterocycles. The van der Waals surface area contributed by atoms with Crippen LogP contribution >= 0.6 is 0 Å². The third-order valence-electron chi connectivity index (χ3n) is 2.15. The summed E-state index contributed by atoms with van der Waals surface area (Å²) in [4.78, 5) is 21.7. The molecule has 0 aliphatic heterocycles. The number of hydrogen-bond donors (Lipinski definition) is 1. The molecule has 0 aliphatic rings. The maximum atomic E-state index is 13.8. The highest BCUT2D eigenvalue weighted by Crippen LogP contribution is 2.26. The molecule has 0 saturated heterocycles. The van der Waals surface area contributed by atoms with E-state index < -0.39 is 29.6 Å². The molecule has 0 bridgehead atoms. The van der Waals surface area contributed by atoms with E-state index in [0.717, 1.165) is 0 Å². The number of rotatable bonds is 5. The Morgan fingerprint density at radius 3 is 2.16 bits per heavy atom. The second-order valence-electron chi connectivity index (χ2n) is 5.54. The third kappa shape index (κ3) is 6.88. The van der Waals surface area contributed by atoms with Crippen LogP contribution in [-0.4, -0.2) is 29.9 Å². The average molecular weight is 277 g/mol. The van der Waals surface area contributed by atoms with Crippen LogP contribution in [0.2, 0.25) is 0 Å². The van der Waals surface area contributed by atoms with Crippen LogP contribution in [-0.2, 0) is 9.53 Å². The van der Waals surface area contributed by atoms with Crippen molar-refractivity contribution in [2.24, 2.45) is 5.92 Å². The number of carbonyl (C=O) groups is 2. The predicted molar refractivity (Wildman–Crippen MR) is 68.1 cm³/mol. The molecular weight excluding hydrogens is 256 g/mol. The van der Waals surface area contributed by atoms with E-state index in [2.05, 4.69) is 5.32 Å². The number of aldehydes is 1. The van der Waals surface area contributed by atoms with Crippen molar-refractivity contribution in [1.82, 2.24) is 5.32 Å². The number of alkyl carbamates (subject to hydrolysis) is 1. The van der Waals surface area contributed by atoms with Crippen molar-refractivity contribution >= 4 is 12.4 Å². The maximum Gasteiger partial charge on any atom is 0.408 e. The van der Waals surface area contributed by atoms with Crippen LogP contribution in [0.3, 0.4) is 0 Å². The molecule has 0 unspecified atom stereocenters. The molecule has 0 aromatic rings. The summed E-state index contributed by atoms with van der Waals surface area (Å²) in [5, 5.41) is 2.14. The number of carbonyl (C=O) groups excluding carboxylic acids is 2. The fourth-order valence-electron chi connectivity index (χ4n) is 1.41. The van der Waals surface area contributed by atoms with Gasteiger partial charge in [-0.3, -0.25) is 4.79 Å². The van der Waals surface area contributed by atoms with Crippen LogP contribution in [0, 0.1) is 5.92 Å². The Labute approximate surface area is 112 Å². The van der Waals surface area contributed by atoms with Crippen molar-refractivity contribution in [2.75, 3.05) is 0 Å². The zero-order valence-corrected chi connectivity index (χ0v) is 11.9. The molecule has 0 aromatic carbocycles.